The molecule has 3 aromatic heterocycles. The number of aryl methyl sites for hydroxylation is 1. The van der Waals surface area contributed by atoms with Gasteiger partial charge >= 0.3 is 0 Å². The lowest BCUT2D eigenvalue weighted by Gasteiger charge is -2.34. The van der Waals surface area contributed by atoms with Crippen LogP contribution < -0.4 is 0 Å². The topological polar surface area (TPSA) is 57.7 Å². The van der Waals surface area contributed by atoms with E-state index in [1.54, 1.807) is 17.7 Å². The highest BCUT2D eigenvalue weighted by atomic mass is 35.5. The molecule has 24 heavy (non-hydrogen) atoms. The first-order valence-corrected chi connectivity index (χ1v) is 9.26. The van der Waals surface area contributed by atoms with Gasteiger partial charge in [-0.05, 0) is 18.2 Å². The fourth-order valence-electron chi connectivity index (χ4n) is 3.19. The number of H-pyrrole nitrogens is 1. The maximum absolute atomic E-state index is 6.18. The second-order valence-electron chi connectivity index (χ2n) is 5.85. The fraction of sp³-hybridized carbons (Fsp3) is 0.353. The molecule has 1 N–H and O–H groups in total. The number of aromatic nitrogens is 4. The molecule has 0 saturated heterocycles. The van der Waals surface area contributed by atoms with Gasteiger partial charge in [0.15, 0.2) is 0 Å². The van der Waals surface area contributed by atoms with E-state index in [1.165, 1.54) is 10.6 Å². The van der Waals surface area contributed by atoms with Crippen molar-refractivity contribution in [3.8, 4) is 0 Å². The molecule has 4 rings (SSSR count). The van der Waals surface area contributed by atoms with E-state index in [9.17, 15) is 0 Å². The minimum atomic E-state index is 0.123. The molecule has 0 aliphatic carbocycles. The molecule has 1 atom stereocenters. The van der Waals surface area contributed by atoms with Gasteiger partial charge in [0.2, 0.25) is 0 Å². The Hall–Kier alpha value is -1.76. The van der Waals surface area contributed by atoms with Gasteiger partial charge < -0.3 is 4.98 Å². The Labute approximate surface area is 149 Å². The normalized spacial score (nSPS) is 17.8. The number of aromatic amines is 1. The Balaban J connectivity index is 1.68. The predicted octanol–water partition coefficient (Wildman–Crippen LogP) is 3.62. The maximum atomic E-state index is 6.18. The number of rotatable bonds is 4. The molecule has 124 valence electrons. The monoisotopic (exact) mass is 359 g/mol. The van der Waals surface area contributed by atoms with E-state index in [4.69, 9.17) is 11.6 Å². The molecule has 4 heterocycles. The summed E-state index contributed by atoms with van der Waals surface area (Å²) >= 11 is 7.80. The Morgan fingerprint density at radius 3 is 3.04 bits per heavy atom. The average Bonchev–Trinajstić information content (AvgIpc) is 3.23. The number of hydrogen-bond donors (Lipinski definition) is 1. The number of fused-ring (bicyclic) bond motifs is 1. The number of nitrogens with one attached hydrogen (secondary N) is 1. The molecule has 1 aliphatic heterocycles. The van der Waals surface area contributed by atoms with Crippen LogP contribution in [0.4, 0.5) is 0 Å². The molecule has 1 aliphatic rings. The highest BCUT2D eigenvalue weighted by molar-refractivity contribution is 7.16. The third-order valence-electron chi connectivity index (χ3n) is 4.33. The van der Waals surface area contributed by atoms with Crippen LogP contribution in [0.2, 0.25) is 4.34 Å². The number of imidazole rings is 1. The lowest BCUT2D eigenvalue weighted by molar-refractivity contribution is 0.200. The van der Waals surface area contributed by atoms with Crippen LogP contribution in [0.1, 0.15) is 40.7 Å². The van der Waals surface area contributed by atoms with Crippen LogP contribution in [0.3, 0.4) is 0 Å². The van der Waals surface area contributed by atoms with Gasteiger partial charge in [-0.3, -0.25) is 4.90 Å². The van der Waals surface area contributed by atoms with Crippen molar-refractivity contribution < 1.29 is 0 Å². The van der Waals surface area contributed by atoms with Gasteiger partial charge in [-0.15, -0.1) is 11.3 Å². The van der Waals surface area contributed by atoms with Gasteiger partial charge in [0, 0.05) is 42.7 Å². The largest absolute Gasteiger partial charge is 0.348 e. The molecule has 0 bridgehead atoms. The Bertz CT molecular complexity index is 843. The Morgan fingerprint density at radius 1 is 1.33 bits per heavy atom. The van der Waals surface area contributed by atoms with Crippen molar-refractivity contribution in [2.75, 3.05) is 6.54 Å². The second-order valence-corrected chi connectivity index (χ2v) is 7.60. The molecular weight excluding hydrogens is 342 g/mol. The molecule has 0 radical (unpaired) electrons. The maximum Gasteiger partial charge on any atom is 0.128 e. The number of halogens is 1. The van der Waals surface area contributed by atoms with Crippen molar-refractivity contribution >= 4 is 22.9 Å². The van der Waals surface area contributed by atoms with Crippen molar-refractivity contribution in [2.45, 2.75) is 32.4 Å². The van der Waals surface area contributed by atoms with Crippen LogP contribution in [-0.2, 0) is 19.4 Å². The summed E-state index contributed by atoms with van der Waals surface area (Å²) in [6.45, 7) is 3.81. The van der Waals surface area contributed by atoms with Crippen molar-refractivity contribution in [1.82, 2.24) is 24.8 Å². The van der Waals surface area contributed by atoms with E-state index in [0.717, 1.165) is 47.5 Å². The molecule has 0 spiro atoms. The SMILES string of the molecule is CCc1nccc(CN2CCc3[nH]cnc3[C@H]2c2ccc(Cl)s2)n1. The van der Waals surface area contributed by atoms with Crippen LogP contribution in [0.5, 0.6) is 0 Å². The summed E-state index contributed by atoms with van der Waals surface area (Å²) in [5.41, 5.74) is 3.37. The van der Waals surface area contributed by atoms with Crippen LogP contribution in [0.15, 0.2) is 30.7 Å². The molecule has 7 heteroatoms. The summed E-state index contributed by atoms with van der Waals surface area (Å²) in [7, 11) is 0. The highest BCUT2D eigenvalue weighted by Gasteiger charge is 2.32. The van der Waals surface area contributed by atoms with Gasteiger partial charge in [-0.2, -0.15) is 0 Å². The zero-order chi connectivity index (χ0) is 16.5. The fourth-order valence-corrected chi connectivity index (χ4v) is 4.39. The van der Waals surface area contributed by atoms with Gasteiger partial charge in [-0.1, -0.05) is 18.5 Å². The molecule has 0 amide bonds. The minimum Gasteiger partial charge on any atom is -0.348 e. The van der Waals surface area contributed by atoms with Crippen molar-refractivity contribution in [2.24, 2.45) is 0 Å². The number of nitrogens with zero attached hydrogens (tertiary/aromatic N) is 4. The van der Waals surface area contributed by atoms with Crippen LogP contribution in [0, 0.1) is 0 Å². The molecule has 5 nitrogen and oxygen atoms in total. The third kappa shape index (κ3) is 2.97. The third-order valence-corrected chi connectivity index (χ3v) is 5.62. The van der Waals surface area contributed by atoms with Gasteiger partial charge in [0.1, 0.15) is 5.82 Å². The van der Waals surface area contributed by atoms with Crippen LogP contribution in [-0.4, -0.2) is 31.4 Å². The standard InChI is InChI=1S/C17H18ClN5S/c1-2-15-19-7-5-11(22-15)9-23-8-6-12-16(21-10-20-12)17(23)13-3-4-14(18)24-13/h3-5,7,10,17H,2,6,8-9H2,1H3,(H,20,21)/t17-/m1/s1. The summed E-state index contributed by atoms with van der Waals surface area (Å²) in [5.74, 6) is 0.890. The van der Waals surface area contributed by atoms with E-state index < -0.39 is 0 Å². The second kappa shape index (κ2) is 6.63. The van der Waals surface area contributed by atoms with Gasteiger partial charge in [-0.25, -0.2) is 15.0 Å². The summed E-state index contributed by atoms with van der Waals surface area (Å²) in [4.78, 5) is 20.5. The number of hydrogen-bond acceptors (Lipinski definition) is 5. The molecule has 0 unspecified atom stereocenters. The van der Waals surface area contributed by atoms with Crippen LogP contribution in [0.25, 0.3) is 0 Å². The molecular formula is C17H18ClN5S. The molecule has 3 aromatic rings. The van der Waals surface area contributed by atoms with Crippen LogP contribution >= 0.6 is 22.9 Å². The van der Waals surface area contributed by atoms with E-state index in [2.05, 4.69) is 37.8 Å². The molecule has 0 saturated carbocycles. The van der Waals surface area contributed by atoms with E-state index in [1.807, 2.05) is 18.3 Å². The highest BCUT2D eigenvalue weighted by Crippen LogP contribution is 2.38. The smallest absolute Gasteiger partial charge is 0.128 e. The first-order valence-electron chi connectivity index (χ1n) is 8.07. The lowest BCUT2D eigenvalue weighted by Crippen LogP contribution is -2.35. The average molecular weight is 360 g/mol. The summed E-state index contributed by atoms with van der Waals surface area (Å²) in [6, 6.07) is 6.18. The van der Waals surface area contributed by atoms with E-state index >= 15 is 0 Å². The Morgan fingerprint density at radius 2 is 2.25 bits per heavy atom. The van der Waals surface area contributed by atoms with Gasteiger partial charge in [0.05, 0.1) is 28.1 Å². The summed E-state index contributed by atoms with van der Waals surface area (Å²) < 4.78 is 0.808. The quantitative estimate of drug-likeness (QED) is 0.772. The van der Waals surface area contributed by atoms with Crippen molar-refractivity contribution in [3.05, 3.63) is 62.8 Å². The number of thiophene rings is 1. The zero-order valence-corrected chi connectivity index (χ0v) is 14.9. The first kappa shape index (κ1) is 15.7. The van der Waals surface area contributed by atoms with E-state index in [-0.39, 0.29) is 6.04 Å². The van der Waals surface area contributed by atoms with Gasteiger partial charge in [0.25, 0.3) is 0 Å². The summed E-state index contributed by atoms with van der Waals surface area (Å²) in [6.07, 6.45) is 5.45. The Kier molecular flexibility index (Phi) is 4.35. The van der Waals surface area contributed by atoms with Crippen molar-refractivity contribution in [1.29, 1.82) is 0 Å². The van der Waals surface area contributed by atoms with E-state index in [0.29, 0.717) is 0 Å². The minimum absolute atomic E-state index is 0.123. The van der Waals surface area contributed by atoms with Crippen molar-refractivity contribution in [3.63, 3.8) is 0 Å². The molecule has 0 aromatic carbocycles. The summed E-state index contributed by atoms with van der Waals surface area (Å²) in [5, 5.41) is 0. The lowest BCUT2D eigenvalue weighted by atomic mass is 10.0. The predicted molar refractivity (Wildman–Crippen MR) is 95.3 cm³/mol. The molecule has 0 fully saturated rings. The zero-order valence-electron chi connectivity index (χ0n) is 13.4. The first-order chi connectivity index (χ1) is 11.7.